The molecule has 120 valence electrons. The van der Waals surface area contributed by atoms with Crippen LogP contribution in [0.15, 0.2) is 18.2 Å². The van der Waals surface area contributed by atoms with Crippen molar-refractivity contribution in [3.8, 4) is 0 Å². The van der Waals surface area contributed by atoms with Crippen LogP contribution in [0.1, 0.15) is 38.2 Å². The quantitative estimate of drug-likeness (QED) is 0.913. The van der Waals surface area contributed by atoms with Crippen LogP contribution in [0.5, 0.6) is 0 Å². The Morgan fingerprint density at radius 3 is 2.73 bits per heavy atom. The fourth-order valence-electron chi connectivity index (χ4n) is 3.41. The van der Waals surface area contributed by atoms with Crippen molar-refractivity contribution in [3.05, 3.63) is 35.4 Å². The number of nitrogens with zero attached hydrogens (tertiary/aromatic N) is 1. The Kier molecular flexibility index (Phi) is 3.71. The number of rotatable bonds is 2. The van der Waals surface area contributed by atoms with Gasteiger partial charge in [-0.3, -0.25) is 4.79 Å². The van der Waals surface area contributed by atoms with E-state index in [1.807, 2.05) is 4.90 Å². The fourth-order valence-corrected chi connectivity index (χ4v) is 3.41. The summed E-state index contributed by atoms with van der Waals surface area (Å²) < 4.78 is 26.8. The Balaban J connectivity index is 1.68. The molecule has 1 aromatic rings. The van der Waals surface area contributed by atoms with E-state index in [-0.39, 0.29) is 29.2 Å². The predicted molar refractivity (Wildman–Crippen MR) is 80.2 cm³/mol. The number of halogens is 2. The lowest BCUT2D eigenvalue weighted by molar-refractivity contribution is -0.136. The molecule has 3 nitrogen and oxygen atoms in total. The zero-order chi connectivity index (χ0) is 16.1. The summed E-state index contributed by atoms with van der Waals surface area (Å²) in [6.45, 7) is 5.45. The van der Waals surface area contributed by atoms with E-state index in [2.05, 4.69) is 13.8 Å². The van der Waals surface area contributed by atoms with Crippen molar-refractivity contribution >= 4 is 5.91 Å². The van der Waals surface area contributed by atoms with Gasteiger partial charge in [-0.05, 0) is 35.8 Å². The average Bonchev–Trinajstić information content (AvgIpc) is 3.21. The maximum atomic E-state index is 13.8. The smallest absolute Gasteiger partial charge is 0.226 e. The van der Waals surface area contributed by atoms with Crippen molar-refractivity contribution in [1.29, 1.82) is 0 Å². The molecule has 1 aliphatic carbocycles. The van der Waals surface area contributed by atoms with Crippen LogP contribution in [0, 0.1) is 23.0 Å². The Morgan fingerprint density at radius 2 is 2.09 bits per heavy atom. The summed E-state index contributed by atoms with van der Waals surface area (Å²) in [5, 5.41) is 0. The van der Waals surface area contributed by atoms with Crippen molar-refractivity contribution < 1.29 is 13.6 Å². The zero-order valence-electron chi connectivity index (χ0n) is 13.0. The standard InChI is InChI=1S/C17H22F2N2O/c1-17(2)9-21(6-5-15(17)20)16(22)13-8-12(13)11-4-3-10(18)7-14(11)19/h3-4,7,12-13,15H,5-6,8-9,20H2,1-2H3. The third kappa shape index (κ3) is 2.74. The largest absolute Gasteiger partial charge is 0.342 e. The summed E-state index contributed by atoms with van der Waals surface area (Å²) in [6, 6.07) is 3.69. The molecule has 22 heavy (non-hydrogen) atoms. The molecule has 1 amide bonds. The molecule has 2 aliphatic rings. The zero-order valence-corrected chi connectivity index (χ0v) is 13.0. The lowest BCUT2D eigenvalue weighted by Gasteiger charge is -2.42. The van der Waals surface area contributed by atoms with Crippen LogP contribution in [0.4, 0.5) is 8.78 Å². The molecule has 2 N–H and O–H groups in total. The number of likely N-dealkylation sites (tertiary alicyclic amines) is 1. The predicted octanol–water partition coefficient (Wildman–Crippen LogP) is 2.65. The van der Waals surface area contributed by atoms with Crippen molar-refractivity contribution in [2.45, 2.75) is 38.6 Å². The van der Waals surface area contributed by atoms with E-state index >= 15 is 0 Å². The van der Waals surface area contributed by atoms with E-state index in [0.717, 1.165) is 12.5 Å². The molecule has 0 bridgehead atoms. The second-order valence-electron chi connectivity index (χ2n) is 7.26. The highest BCUT2D eigenvalue weighted by Crippen LogP contribution is 2.49. The highest BCUT2D eigenvalue weighted by molar-refractivity contribution is 5.83. The molecule has 1 saturated carbocycles. The van der Waals surface area contributed by atoms with Gasteiger partial charge in [-0.1, -0.05) is 19.9 Å². The topological polar surface area (TPSA) is 46.3 Å². The number of hydrogen-bond donors (Lipinski definition) is 1. The molecule has 0 radical (unpaired) electrons. The maximum Gasteiger partial charge on any atom is 0.226 e. The summed E-state index contributed by atoms with van der Waals surface area (Å²) in [4.78, 5) is 14.5. The number of hydrogen-bond acceptors (Lipinski definition) is 2. The van der Waals surface area contributed by atoms with Crippen LogP contribution in [-0.2, 0) is 4.79 Å². The molecule has 3 rings (SSSR count). The summed E-state index contributed by atoms with van der Waals surface area (Å²) >= 11 is 0. The van der Waals surface area contributed by atoms with Crippen LogP contribution in [0.25, 0.3) is 0 Å². The maximum absolute atomic E-state index is 13.8. The SMILES string of the molecule is CC1(C)CN(C(=O)C2CC2c2ccc(F)cc2F)CCC1N. The number of carbonyl (C=O) groups excluding carboxylic acids is 1. The second kappa shape index (κ2) is 5.30. The first-order chi connectivity index (χ1) is 10.3. The number of carbonyl (C=O) groups is 1. The first-order valence-corrected chi connectivity index (χ1v) is 7.79. The minimum Gasteiger partial charge on any atom is -0.342 e. The van der Waals surface area contributed by atoms with Crippen LogP contribution >= 0.6 is 0 Å². The van der Waals surface area contributed by atoms with Gasteiger partial charge in [0.25, 0.3) is 0 Å². The first kappa shape index (κ1) is 15.4. The lowest BCUT2D eigenvalue weighted by atomic mass is 9.79. The van der Waals surface area contributed by atoms with Crippen molar-refractivity contribution in [2.24, 2.45) is 17.1 Å². The minimum absolute atomic E-state index is 0.0775. The van der Waals surface area contributed by atoms with Crippen molar-refractivity contribution in [1.82, 2.24) is 4.90 Å². The van der Waals surface area contributed by atoms with Crippen molar-refractivity contribution in [3.63, 3.8) is 0 Å². The number of piperidine rings is 1. The van der Waals surface area contributed by atoms with Crippen LogP contribution in [-0.4, -0.2) is 29.9 Å². The normalized spacial score (nSPS) is 30.2. The number of nitrogens with two attached hydrogens (primary N) is 1. The molecule has 3 unspecified atom stereocenters. The van der Waals surface area contributed by atoms with E-state index in [9.17, 15) is 13.6 Å². The number of amides is 1. The van der Waals surface area contributed by atoms with Gasteiger partial charge in [0.15, 0.2) is 0 Å². The monoisotopic (exact) mass is 308 g/mol. The summed E-state index contributed by atoms with van der Waals surface area (Å²) in [5.74, 6) is -1.36. The Morgan fingerprint density at radius 1 is 1.36 bits per heavy atom. The molecule has 2 fully saturated rings. The second-order valence-corrected chi connectivity index (χ2v) is 7.26. The van der Waals surface area contributed by atoms with Crippen LogP contribution < -0.4 is 5.73 Å². The van der Waals surface area contributed by atoms with Crippen LogP contribution in [0.2, 0.25) is 0 Å². The molecule has 0 aromatic heterocycles. The Labute approximate surface area is 129 Å². The highest BCUT2D eigenvalue weighted by Gasteiger charge is 2.48. The molecule has 0 spiro atoms. The average molecular weight is 308 g/mol. The van der Waals surface area contributed by atoms with Gasteiger partial charge in [0.05, 0.1) is 0 Å². The van der Waals surface area contributed by atoms with E-state index in [1.54, 1.807) is 0 Å². The summed E-state index contributed by atoms with van der Waals surface area (Å²) in [7, 11) is 0. The van der Waals surface area contributed by atoms with E-state index in [4.69, 9.17) is 5.73 Å². The summed E-state index contributed by atoms with van der Waals surface area (Å²) in [5.41, 5.74) is 6.45. The van der Waals surface area contributed by atoms with Gasteiger partial charge in [0.2, 0.25) is 5.91 Å². The van der Waals surface area contributed by atoms with Crippen LogP contribution in [0.3, 0.4) is 0 Å². The molecule has 1 saturated heterocycles. The molecular weight excluding hydrogens is 286 g/mol. The van der Waals surface area contributed by atoms with Gasteiger partial charge >= 0.3 is 0 Å². The van der Waals surface area contributed by atoms with Crippen molar-refractivity contribution in [2.75, 3.05) is 13.1 Å². The number of benzene rings is 1. The van der Waals surface area contributed by atoms with E-state index < -0.39 is 11.6 Å². The minimum atomic E-state index is -0.587. The van der Waals surface area contributed by atoms with Gasteiger partial charge in [-0.2, -0.15) is 0 Å². The lowest BCUT2D eigenvalue weighted by Crippen LogP contribution is -2.54. The third-order valence-corrected chi connectivity index (χ3v) is 5.09. The first-order valence-electron chi connectivity index (χ1n) is 7.79. The Bertz CT molecular complexity index is 602. The van der Waals surface area contributed by atoms with E-state index in [1.165, 1.54) is 12.1 Å². The molecular formula is C17H22F2N2O. The Hall–Kier alpha value is -1.49. The molecule has 3 atom stereocenters. The molecule has 5 heteroatoms. The molecule has 1 heterocycles. The van der Waals surface area contributed by atoms with Gasteiger partial charge < -0.3 is 10.6 Å². The fraction of sp³-hybridized carbons (Fsp3) is 0.588. The van der Waals surface area contributed by atoms with Gasteiger partial charge in [0.1, 0.15) is 11.6 Å². The van der Waals surface area contributed by atoms with Gasteiger partial charge in [-0.25, -0.2) is 8.78 Å². The highest BCUT2D eigenvalue weighted by atomic mass is 19.1. The van der Waals surface area contributed by atoms with E-state index in [0.29, 0.717) is 25.1 Å². The summed E-state index contributed by atoms with van der Waals surface area (Å²) in [6.07, 6.45) is 1.44. The van der Waals surface area contributed by atoms with Gasteiger partial charge in [-0.15, -0.1) is 0 Å². The molecule has 1 aromatic carbocycles. The molecule has 1 aliphatic heterocycles. The van der Waals surface area contributed by atoms with Gasteiger partial charge in [0, 0.05) is 31.1 Å². The third-order valence-electron chi connectivity index (χ3n) is 5.09.